The Hall–Kier alpha value is -0.930. The van der Waals surface area contributed by atoms with Gasteiger partial charge in [-0.3, -0.25) is 4.98 Å². The van der Waals surface area contributed by atoms with Crippen molar-refractivity contribution in [2.45, 2.75) is 32.4 Å². The lowest BCUT2D eigenvalue weighted by molar-refractivity contribution is 0.0722. The zero-order chi connectivity index (χ0) is 10.8. The summed E-state index contributed by atoms with van der Waals surface area (Å²) in [4.78, 5) is 4.13. The summed E-state index contributed by atoms with van der Waals surface area (Å²) in [6.45, 7) is 5.10. The van der Waals surface area contributed by atoms with Crippen LogP contribution in [0.2, 0.25) is 0 Å². The Labute approximate surface area is 90.7 Å². The number of nitrogens with zero attached hydrogens (tertiary/aromatic N) is 1. The molecule has 2 rings (SSSR count). The normalized spacial score (nSPS) is 27.9. The van der Waals surface area contributed by atoms with Gasteiger partial charge in [0, 0.05) is 19.0 Å². The molecule has 2 N–H and O–H groups in total. The van der Waals surface area contributed by atoms with E-state index >= 15 is 0 Å². The summed E-state index contributed by atoms with van der Waals surface area (Å²) in [5.41, 5.74) is 8.53. The number of nitrogens with two attached hydrogens (primary N) is 1. The molecule has 15 heavy (non-hydrogen) atoms. The van der Waals surface area contributed by atoms with Crippen LogP contribution < -0.4 is 5.73 Å². The van der Waals surface area contributed by atoms with E-state index in [1.807, 2.05) is 12.3 Å². The number of hydrogen-bond acceptors (Lipinski definition) is 3. The van der Waals surface area contributed by atoms with Crippen LogP contribution in [0.3, 0.4) is 0 Å². The summed E-state index contributed by atoms with van der Waals surface area (Å²) in [5, 5.41) is 0. The average Bonchev–Trinajstić information content (AvgIpc) is 2.64. The van der Waals surface area contributed by atoms with Crippen LogP contribution in [0.5, 0.6) is 0 Å². The van der Waals surface area contributed by atoms with E-state index in [1.165, 1.54) is 5.56 Å². The number of hydrogen-bond donors (Lipinski definition) is 1. The molecule has 0 aromatic carbocycles. The van der Waals surface area contributed by atoms with Gasteiger partial charge in [0.2, 0.25) is 0 Å². The maximum Gasteiger partial charge on any atom is 0.0794 e. The summed E-state index contributed by atoms with van der Waals surface area (Å²) in [7, 11) is 0. The first-order valence-corrected chi connectivity index (χ1v) is 5.48. The average molecular weight is 206 g/mol. The quantitative estimate of drug-likeness (QED) is 0.803. The predicted molar refractivity (Wildman–Crippen MR) is 59.4 cm³/mol. The third kappa shape index (κ3) is 2.03. The Morgan fingerprint density at radius 2 is 2.40 bits per heavy atom. The van der Waals surface area contributed by atoms with E-state index in [4.69, 9.17) is 10.5 Å². The van der Waals surface area contributed by atoms with Crippen LogP contribution in [0.15, 0.2) is 18.5 Å². The van der Waals surface area contributed by atoms with Crippen LogP contribution in [0.25, 0.3) is 0 Å². The highest BCUT2D eigenvalue weighted by Crippen LogP contribution is 2.30. The molecule has 1 aliphatic rings. The van der Waals surface area contributed by atoms with Crippen molar-refractivity contribution in [3.05, 3.63) is 29.6 Å². The number of pyridine rings is 1. The standard InChI is InChI=1S/C12H18N2O/c1-8-3-5-14-7-10(8)11(13)12-9(2)4-6-15-12/h3,5,7,9,11-12H,4,6,13H2,1-2H3. The van der Waals surface area contributed by atoms with E-state index < -0.39 is 0 Å². The SMILES string of the molecule is Cc1ccncc1C(N)C1OCCC1C. The van der Waals surface area contributed by atoms with Gasteiger partial charge in [0.05, 0.1) is 12.1 Å². The highest BCUT2D eigenvalue weighted by molar-refractivity contribution is 5.26. The van der Waals surface area contributed by atoms with E-state index in [0.29, 0.717) is 5.92 Å². The maximum absolute atomic E-state index is 6.23. The lowest BCUT2D eigenvalue weighted by atomic mass is 9.92. The second-order valence-electron chi connectivity index (χ2n) is 4.36. The van der Waals surface area contributed by atoms with Crippen molar-refractivity contribution >= 4 is 0 Å². The van der Waals surface area contributed by atoms with Gasteiger partial charge in [-0.2, -0.15) is 0 Å². The summed E-state index contributed by atoms with van der Waals surface area (Å²) in [5.74, 6) is 0.541. The van der Waals surface area contributed by atoms with Gasteiger partial charge in [0.25, 0.3) is 0 Å². The lowest BCUT2D eigenvalue weighted by Crippen LogP contribution is -2.30. The molecule has 82 valence electrons. The first kappa shape index (κ1) is 10.6. The summed E-state index contributed by atoms with van der Waals surface area (Å²) in [6.07, 6.45) is 4.91. The Morgan fingerprint density at radius 1 is 1.60 bits per heavy atom. The third-order valence-electron chi connectivity index (χ3n) is 3.24. The highest BCUT2D eigenvalue weighted by Gasteiger charge is 2.31. The predicted octanol–water partition coefficient (Wildman–Crippen LogP) is 1.81. The molecule has 0 saturated carbocycles. The molecule has 0 amide bonds. The van der Waals surface area contributed by atoms with E-state index in [-0.39, 0.29) is 12.1 Å². The maximum atomic E-state index is 6.23. The minimum absolute atomic E-state index is 0.0452. The van der Waals surface area contributed by atoms with Crippen LogP contribution in [0.1, 0.15) is 30.5 Å². The van der Waals surface area contributed by atoms with E-state index in [9.17, 15) is 0 Å². The summed E-state index contributed by atoms with van der Waals surface area (Å²) >= 11 is 0. The second kappa shape index (κ2) is 4.29. The fourth-order valence-corrected chi connectivity index (χ4v) is 2.18. The molecular weight excluding hydrogens is 188 g/mol. The smallest absolute Gasteiger partial charge is 0.0794 e. The molecule has 0 aliphatic carbocycles. The Balaban J connectivity index is 2.20. The fourth-order valence-electron chi connectivity index (χ4n) is 2.18. The van der Waals surface area contributed by atoms with E-state index in [1.54, 1.807) is 6.20 Å². The number of aryl methyl sites for hydroxylation is 1. The van der Waals surface area contributed by atoms with E-state index in [2.05, 4.69) is 18.8 Å². The second-order valence-corrected chi connectivity index (χ2v) is 4.36. The molecule has 3 heteroatoms. The van der Waals surface area contributed by atoms with Gasteiger partial charge >= 0.3 is 0 Å². The minimum atomic E-state index is -0.0452. The largest absolute Gasteiger partial charge is 0.376 e. The van der Waals surface area contributed by atoms with Crippen molar-refractivity contribution < 1.29 is 4.74 Å². The van der Waals surface area contributed by atoms with Crippen LogP contribution >= 0.6 is 0 Å². The molecule has 1 fully saturated rings. The summed E-state index contributed by atoms with van der Waals surface area (Å²) in [6, 6.07) is 1.95. The van der Waals surface area contributed by atoms with Gasteiger partial charge in [-0.05, 0) is 36.5 Å². The van der Waals surface area contributed by atoms with Crippen molar-refractivity contribution in [1.29, 1.82) is 0 Å². The zero-order valence-electron chi connectivity index (χ0n) is 9.31. The number of aromatic nitrogens is 1. The van der Waals surface area contributed by atoms with Crippen molar-refractivity contribution in [3.63, 3.8) is 0 Å². The van der Waals surface area contributed by atoms with Crippen molar-refractivity contribution in [3.8, 4) is 0 Å². The van der Waals surface area contributed by atoms with Gasteiger partial charge in [-0.25, -0.2) is 0 Å². The van der Waals surface area contributed by atoms with Crippen LogP contribution in [0, 0.1) is 12.8 Å². The van der Waals surface area contributed by atoms with Gasteiger partial charge in [0.15, 0.2) is 0 Å². The fraction of sp³-hybridized carbons (Fsp3) is 0.583. The third-order valence-corrected chi connectivity index (χ3v) is 3.24. The number of ether oxygens (including phenoxy) is 1. The first-order valence-electron chi connectivity index (χ1n) is 5.48. The molecule has 3 atom stereocenters. The van der Waals surface area contributed by atoms with Crippen molar-refractivity contribution in [2.75, 3.05) is 6.61 Å². The molecule has 0 radical (unpaired) electrons. The van der Waals surface area contributed by atoms with Gasteiger partial charge in [0.1, 0.15) is 0 Å². The lowest BCUT2D eigenvalue weighted by Gasteiger charge is -2.23. The molecular formula is C12H18N2O. The Kier molecular flexibility index (Phi) is 3.03. The summed E-state index contributed by atoms with van der Waals surface area (Å²) < 4.78 is 5.68. The van der Waals surface area contributed by atoms with E-state index in [0.717, 1.165) is 18.6 Å². The molecule has 3 nitrogen and oxygen atoms in total. The van der Waals surface area contributed by atoms with Crippen molar-refractivity contribution in [2.24, 2.45) is 11.7 Å². The molecule has 1 aliphatic heterocycles. The Morgan fingerprint density at radius 3 is 3.00 bits per heavy atom. The first-order chi connectivity index (χ1) is 7.20. The van der Waals surface area contributed by atoms with Crippen LogP contribution in [-0.2, 0) is 4.74 Å². The van der Waals surface area contributed by atoms with Gasteiger partial charge in [-0.1, -0.05) is 6.92 Å². The molecule has 2 heterocycles. The van der Waals surface area contributed by atoms with Gasteiger partial charge in [-0.15, -0.1) is 0 Å². The minimum Gasteiger partial charge on any atom is -0.376 e. The van der Waals surface area contributed by atoms with Crippen LogP contribution in [0.4, 0.5) is 0 Å². The van der Waals surface area contributed by atoms with Crippen LogP contribution in [-0.4, -0.2) is 17.7 Å². The highest BCUT2D eigenvalue weighted by atomic mass is 16.5. The zero-order valence-corrected chi connectivity index (χ0v) is 9.31. The molecule has 1 saturated heterocycles. The molecule has 0 bridgehead atoms. The number of rotatable bonds is 2. The molecule has 3 unspecified atom stereocenters. The monoisotopic (exact) mass is 206 g/mol. The Bertz CT molecular complexity index is 340. The van der Waals surface area contributed by atoms with Gasteiger partial charge < -0.3 is 10.5 Å². The topological polar surface area (TPSA) is 48.1 Å². The molecule has 0 spiro atoms. The molecule has 1 aromatic heterocycles. The molecule has 1 aromatic rings. The van der Waals surface area contributed by atoms with Crippen molar-refractivity contribution in [1.82, 2.24) is 4.98 Å².